The molecule has 0 aliphatic carbocycles. The van der Waals surface area contributed by atoms with Gasteiger partial charge in [0.05, 0.1) is 4.83 Å². The fourth-order valence-corrected chi connectivity index (χ4v) is 1.80. The summed E-state index contributed by atoms with van der Waals surface area (Å²) in [7, 11) is 0. The van der Waals surface area contributed by atoms with E-state index in [4.69, 9.17) is 0 Å². The number of hydrogen-bond donors (Lipinski definition) is 2. The van der Waals surface area contributed by atoms with Crippen LogP contribution in [0.5, 0.6) is 0 Å². The normalized spacial score (nSPS) is 12.6. The van der Waals surface area contributed by atoms with Crippen LogP contribution in [0.3, 0.4) is 0 Å². The minimum absolute atomic E-state index is 0.0920. The summed E-state index contributed by atoms with van der Waals surface area (Å²) in [5.74, 6) is -0.202. The maximum Gasteiger partial charge on any atom is 0.234 e. The molecule has 0 aliphatic heterocycles. The molecule has 4 nitrogen and oxygen atoms in total. The van der Waals surface area contributed by atoms with E-state index in [1.165, 1.54) is 0 Å². The molecule has 0 heterocycles. The van der Waals surface area contributed by atoms with Crippen molar-refractivity contribution in [1.29, 1.82) is 0 Å². The lowest BCUT2D eigenvalue weighted by molar-refractivity contribution is -0.122. The van der Waals surface area contributed by atoms with Gasteiger partial charge >= 0.3 is 0 Å². The minimum Gasteiger partial charge on any atom is -0.355 e. The predicted octanol–water partition coefficient (Wildman–Crippen LogP) is 3.25. The molecule has 0 fully saturated rings. The van der Waals surface area contributed by atoms with Gasteiger partial charge in [0, 0.05) is 18.7 Å². The zero-order valence-corrected chi connectivity index (χ0v) is 14.6. The quantitative estimate of drug-likeness (QED) is 0.797. The van der Waals surface area contributed by atoms with Gasteiger partial charge in [0.15, 0.2) is 0 Å². The van der Waals surface area contributed by atoms with Crippen molar-refractivity contribution >= 4 is 33.4 Å². The van der Waals surface area contributed by atoms with E-state index in [1.54, 1.807) is 0 Å². The van der Waals surface area contributed by atoms with Gasteiger partial charge in [-0.05, 0) is 24.5 Å². The smallest absolute Gasteiger partial charge is 0.234 e. The number of aryl methyl sites for hydroxylation is 1. The molecule has 2 N–H and O–H groups in total. The lowest BCUT2D eigenvalue weighted by Crippen LogP contribution is -2.39. The zero-order valence-electron chi connectivity index (χ0n) is 13.0. The average Bonchev–Trinajstić information content (AvgIpc) is 2.39. The summed E-state index contributed by atoms with van der Waals surface area (Å²) < 4.78 is 0. The molecule has 1 aromatic rings. The van der Waals surface area contributed by atoms with Crippen LogP contribution in [0.4, 0.5) is 5.69 Å². The fraction of sp³-hybridized carbons (Fsp3) is 0.500. The second-order valence-electron chi connectivity index (χ2n) is 6.18. The zero-order chi connectivity index (χ0) is 16.0. The number of nitrogens with one attached hydrogen (secondary N) is 2. The summed E-state index contributed by atoms with van der Waals surface area (Å²) in [4.78, 5) is 23.4. The highest BCUT2D eigenvalue weighted by atomic mass is 79.9. The van der Waals surface area contributed by atoms with Gasteiger partial charge in [-0.3, -0.25) is 9.59 Å². The number of rotatable bonds is 5. The number of halogens is 1. The third-order valence-electron chi connectivity index (χ3n) is 2.98. The third-order valence-corrected chi connectivity index (χ3v) is 4.77. The molecule has 0 saturated carbocycles. The van der Waals surface area contributed by atoms with Crippen LogP contribution in [0, 0.1) is 12.3 Å². The second kappa shape index (κ2) is 7.59. The Hall–Kier alpha value is -1.36. The molecule has 1 aromatic carbocycles. The molecule has 1 rings (SSSR count). The van der Waals surface area contributed by atoms with Crippen LogP contribution < -0.4 is 10.6 Å². The fourth-order valence-electron chi connectivity index (χ4n) is 1.64. The Morgan fingerprint density at radius 3 is 2.29 bits per heavy atom. The summed E-state index contributed by atoms with van der Waals surface area (Å²) in [6, 6.07) is 7.60. The molecule has 0 unspecified atom stereocenters. The van der Waals surface area contributed by atoms with Gasteiger partial charge in [-0.25, -0.2) is 0 Å². The molecular formula is C16H23BrN2O2. The Kier molecular flexibility index (Phi) is 6.40. The molecule has 21 heavy (non-hydrogen) atoms. The average molecular weight is 355 g/mol. The van der Waals surface area contributed by atoms with E-state index in [0.717, 1.165) is 11.3 Å². The van der Waals surface area contributed by atoms with E-state index in [1.807, 2.05) is 52.0 Å². The number of carbonyl (C=O) groups is 2. The first-order valence-electron chi connectivity index (χ1n) is 6.98. The molecule has 116 valence electrons. The van der Waals surface area contributed by atoms with Gasteiger partial charge < -0.3 is 10.6 Å². The van der Waals surface area contributed by atoms with Crippen molar-refractivity contribution in [3.05, 3.63) is 29.8 Å². The van der Waals surface area contributed by atoms with Gasteiger partial charge in [-0.2, -0.15) is 0 Å². The first kappa shape index (κ1) is 17.7. The summed E-state index contributed by atoms with van der Waals surface area (Å²) in [5, 5.41) is 5.57. The van der Waals surface area contributed by atoms with E-state index in [2.05, 4.69) is 26.6 Å². The van der Waals surface area contributed by atoms with Crippen molar-refractivity contribution in [1.82, 2.24) is 5.32 Å². The van der Waals surface area contributed by atoms with Gasteiger partial charge in [0.25, 0.3) is 0 Å². The topological polar surface area (TPSA) is 58.2 Å². The summed E-state index contributed by atoms with van der Waals surface area (Å²) in [5.41, 5.74) is 1.75. The van der Waals surface area contributed by atoms with Crippen LogP contribution >= 0.6 is 15.9 Å². The van der Waals surface area contributed by atoms with Gasteiger partial charge in [0.1, 0.15) is 0 Å². The molecule has 0 bridgehead atoms. The Balaban J connectivity index is 2.34. The van der Waals surface area contributed by atoms with E-state index in [0.29, 0.717) is 6.54 Å². The Morgan fingerprint density at radius 2 is 1.76 bits per heavy atom. The van der Waals surface area contributed by atoms with Crippen molar-refractivity contribution in [3.8, 4) is 0 Å². The highest BCUT2D eigenvalue weighted by Crippen LogP contribution is 2.25. The van der Waals surface area contributed by atoms with Crippen LogP contribution in [0.1, 0.15) is 32.8 Å². The molecule has 1 atom stereocenters. The van der Waals surface area contributed by atoms with Crippen LogP contribution in [-0.4, -0.2) is 23.2 Å². The number of benzene rings is 1. The Bertz CT molecular complexity index is 492. The Morgan fingerprint density at radius 1 is 1.19 bits per heavy atom. The van der Waals surface area contributed by atoms with Crippen molar-refractivity contribution in [2.45, 2.75) is 38.9 Å². The number of amides is 2. The number of anilines is 1. The summed E-state index contributed by atoms with van der Waals surface area (Å²) in [6.45, 7) is 8.27. The van der Waals surface area contributed by atoms with Crippen LogP contribution in [-0.2, 0) is 9.59 Å². The van der Waals surface area contributed by atoms with E-state index in [-0.39, 0.29) is 28.5 Å². The monoisotopic (exact) mass is 354 g/mol. The molecule has 2 amide bonds. The summed E-state index contributed by atoms with van der Waals surface area (Å²) in [6.07, 6.45) is 0.253. The van der Waals surface area contributed by atoms with Crippen LogP contribution in [0.15, 0.2) is 24.3 Å². The van der Waals surface area contributed by atoms with Gasteiger partial charge in [-0.1, -0.05) is 54.4 Å². The summed E-state index contributed by atoms with van der Waals surface area (Å²) >= 11 is 3.38. The molecule has 0 radical (unpaired) electrons. The van der Waals surface area contributed by atoms with Crippen LogP contribution in [0.25, 0.3) is 0 Å². The first-order valence-corrected chi connectivity index (χ1v) is 7.90. The highest BCUT2D eigenvalue weighted by Gasteiger charge is 2.28. The molecule has 0 saturated heterocycles. The lowest BCUT2D eigenvalue weighted by Gasteiger charge is -2.24. The maximum absolute atomic E-state index is 11.9. The highest BCUT2D eigenvalue weighted by molar-refractivity contribution is 9.10. The van der Waals surface area contributed by atoms with Gasteiger partial charge in [-0.15, -0.1) is 0 Å². The molecular weight excluding hydrogens is 332 g/mol. The first-order chi connectivity index (χ1) is 9.70. The largest absolute Gasteiger partial charge is 0.355 e. The predicted molar refractivity (Wildman–Crippen MR) is 89.6 cm³/mol. The molecule has 0 aliphatic rings. The van der Waals surface area contributed by atoms with Crippen molar-refractivity contribution in [2.75, 3.05) is 11.9 Å². The van der Waals surface area contributed by atoms with Gasteiger partial charge in [0.2, 0.25) is 11.8 Å². The molecule has 5 heteroatoms. The Labute approximate surface area is 134 Å². The van der Waals surface area contributed by atoms with Crippen LogP contribution in [0.2, 0.25) is 0 Å². The van der Waals surface area contributed by atoms with E-state index in [9.17, 15) is 9.59 Å². The molecule has 0 aromatic heterocycles. The SMILES string of the molecule is Cc1ccc(NC(=O)CCNC(=O)[C@@H](Br)C(C)(C)C)cc1. The number of hydrogen-bond acceptors (Lipinski definition) is 2. The minimum atomic E-state index is -0.273. The standard InChI is InChI=1S/C16H23BrN2O2/c1-11-5-7-12(8-6-11)19-13(20)9-10-18-15(21)14(17)16(2,3)4/h5-8,14H,9-10H2,1-4H3,(H,18,21)(H,19,20)/t14-/m1/s1. The third kappa shape index (κ3) is 6.29. The molecule has 0 spiro atoms. The van der Waals surface area contributed by atoms with Crippen molar-refractivity contribution in [2.24, 2.45) is 5.41 Å². The number of carbonyl (C=O) groups excluding carboxylic acids is 2. The number of alkyl halides is 1. The van der Waals surface area contributed by atoms with E-state index >= 15 is 0 Å². The van der Waals surface area contributed by atoms with Crippen molar-refractivity contribution < 1.29 is 9.59 Å². The second-order valence-corrected chi connectivity index (χ2v) is 7.10. The maximum atomic E-state index is 11.9. The van der Waals surface area contributed by atoms with E-state index < -0.39 is 0 Å². The van der Waals surface area contributed by atoms with Crippen molar-refractivity contribution in [3.63, 3.8) is 0 Å². The lowest BCUT2D eigenvalue weighted by atomic mass is 9.92.